The summed E-state index contributed by atoms with van der Waals surface area (Å²) in [6.07, 6.45) is 9.09. The van der Waals surface area contributed by atoms with E-state index in [0.717, 1.165) is 25.0 Å². The summed E-state index contributed by atoms with van der Waals surface area (Å²) < 4.78 is 0. The Morgan fingerprint density at radius 2 is 1.82 bits per heavy atom. The molecule has 1 saturated heterocycles. The molecule has 0 bridgehead atoms. The minimum Gasteiger partial charge on any atom is -0.356 e. The molecule has 2 N–H and O–H groups in total. The van der Waals surface area contributed by atoms with Gasteiger partial charge in [0.25, 0.3) is 0 Å². The van der Waals surface area contributed by atoms with Crippen molar-refractivity contribution in [3.8, 4) is 0 Å². The molecule has 0 radical (unpaired) electrons. The van der Waals surface area contributed by atoms with E-state index >= 15 is 0 Å². The summed E-state index contributed by atoms with van der Waals surface area (Å²) in [7, 11) is 1.85. The zero-order valence-electron chi connectivity index (χ0n) is 14.9. The topological polar surface area (TPSA) is 39.7 Å². The molecule has 0 aromatic carbocycles. The third-order valence-electron chi connectivity index (χ3n) is 4.23. The summed E-state index contributed by atoms with van der Waals surface area (Å²) in [6, 6.07) is 0. The third kappa shape index (κ3) is 10.6. The van der Waals surface area contributed by atoms with Crippen LogP contribution in [0.25, 0.3) is 0 Å². The average Bonchev–Trinajstić information content (AvgIpc) is 2.49. The molecule has 1 atom stereocenters. The van der Waals surface area contributed by atoms with Crippen LogP contribution in [0.1, 0.15) is 58.8 Å². The predicted octanol–water partition coefficient (Wildman–Crippen LogP) is 3.47. The Bertz CT molecular complexity index is 284. The first kappa shape index (κ1) is 22.0. The van der Waals surface area contributed by atoms with Crippen LogP contribution < -0.4 is 10.6 Å². The second kappa shape index (κ2) is 14.5. The highest BCUT2D eigenvalue weighted by molar-refractivity contribution is 14.0. The molecule has 1 aliphatic heterocycles. The molecule has 1 unspecified atom stereocenters. The van der Waals surface area contributed by atoms with E-state index in [2.05, 4.69) is 34.4 Å². The molecular formula is C17H37IN4. The molecule has 0 spiro atoms. The summed E-state index contributed by atoms with van der Waals surface area (Å²) in [4.78, 5) is 6.90. The van der Waals surface area contributed by atoms with Gasteiger partial charge in [-0.2, -0.15) is 0 Å². The number of hydrogen-bond donors (Lipinski definition) is 2. The summed E-state index contributed by atoms with van der Waals surface area (Å²) in [5, 5.41) is 6.79. The Balaban J connectivity index is 0.00000441. The van der Waals surface area contributed by atoms with Crippen LogP contribution in [0.5, 0.6) is 0 Å². The molecule has 0 aromatic heterocycles. The second-order valence-electron chi connectivity index (χ2n) is 6.39. The molecule has 132 valence electrons. The van der Waals surface area contributed by atoms with E-state index in [1.165, 1.54) is 64.6 Å². The highest BCUT2D eigenvalue weighted by atomic mass is 127. The lowest BCUT2D eigenvalue weighted by Gasteiger charge is -2.30. The van der Waals surface area contributed by atoms with Crippen molar-refractivity contribution in [2.24, 2.45) is 10.9 Å². The number of rotatable bonds is 9. The number of piperidine rings is 1. The molecule has 22 heavy (non-hydrogen) atoms. The molecular weight excluding hydrogens is 387 g/mol. The first-order chi connectivity index (χ1) is 10.3. The van der Waals surface area contributed by atoms with Gasteiger partial charge in [-0.15, -0.1) is 24.0 Å². The summed E-state index contributed by atoms with van der Waals surface area (Å²) in [6.45, 7) is 10.5. The van der Waals surface area contributed by atoms with Gasteiger partial charge in [0.2, 0.25) is 0 Å². The maximum Gasteiger partial charge on any atom is 0.190 e. The summed E-state index contributed by atoms with van der Waals surface area (Å²) >= 11 is 0. The third-order valence-corrected chi connectivity index (χ3v) is 4.23. The standard InChI is InChI=1S/C17H36N4.HI/c1-4-5-6-11-19-17(18-3)20-12-7-8-13-21-14-9-10-16(2)15-21;/h16H,4-15H2,1-3H3,(H2,18,19,20);1H. The maximum absolute atomic E-state index is 4.27. The number of hydrogen-bond acceptors (Lipinski definition) is 2. The fourth-order valence-corrected chi connectivity index (χ4v) is 2.96. The number of aliphatic imine (C=N–C) groups is 1. The number of unbranched alkanes of at least 4 members (excludes halogenated alkanes) is 3. The number of nitrogens with zero attached hydrogens (tertiary/aromatic N) is 2. The molecule has 1 fully saturated rings. The highest BCUT2D eigenvalue weighted by Gasteiger charge is 2.15. The van der Waals surface area contributed by atoms with Gasteiger partial charge in [-0.05, 0) is 51.1 Å². The van der Waals surface area contributed by atoms with Crippen LogP contribution in [-0.4, -0.2) is 50.6 Å². The van der Waals surface area contributed by atoms with Crippen molar-refractivity contribution < 1.29 is 0 Å². The predicted molar refractivity (Wildman–Crippen MR) is 108 cm³/mol. The van der Waals surface area contributed by atoms with Crippen molar-refractivity contribution in [3.63, 3.8) is 0 Å². The minimum absolute atomic E-state index is 0. The molecule has 1 heterocycles. The average molecular weight is 424 g/mol. The molecule has 4 nitrogen and oxygen atoms in total. The van der Waals surface area contributed by atoms with Crippen molar-refractivity contribution in [1.29, 1.82) is 0 Å². The van der Waals surface area contributed by atoms with Crippen molar-refractivity contribution in [3.05, 3.63) is 0 Å². The van der Waals surface area contributed by atoms with Crippen molar-refractivity contribution in [2.75, 3.05) is 39.8 Å². The fraction of sp³-hybridized carbons (Fsp3) is 0.941. The van der Waals surface area contributed by atoms with E-state index in [1.54, 1.807) is 0 Å². The second-order valence-corrected chi connectivity index (χ2v) is 6.39. The first-order valence-electron chi connectivity index (χ1n) is 8.93. The van der Waals surface area contributed by atoms with Gasteiger partial charge in [-0.25, -0.2) is 0 Å². The van der Waals surface area contributed by atoms with Crippen LogP contribution in [0, 0.1) is 5.92 Å². The number of guanidine groups is 1. The van der Waals surface area contributed by atoms with Gasteiger partial charge in [-0.3, -0.25) is 4.99 Å². The quantitative estimate of drug-likeness (QED) is 0.258. The fourth-order valence-electron chi connectivity index (χ4n) is 2.96. The molecule has 1 rings (SSSR count). The van der Waals surface area contributed by atoms with Crippen LogP contribution in [0.2, 0.25) is 0 Å². The summed E-state index contributed by atoms with van der Waals surface area (Å²) in [5.41, 5.74) is 0. The van der Waals surface area contributed by atoms with Crippen LogP contribution in [0.3, 0.4) is 0 Å². The number of likely N-dealkylation sites (tertiary alicyclic amines) is 1. The Morgan fingerprint density at radius 3 is 2.41 bits per heavy atom. The van der Waals surface area contributed by atoms with Gasteiger partial charge in [0.1, 0.15) is 0 Å². The Kier molecular flexibility index (Phi) is 14.5. The monoisotopic (exact) mass is 424 g/mol. The van der Waals surface area contributed by atoms with Crippen molar-refractivity contribution >= 4 is 29.9 Å². The van der Waals surface area contributed by atoms with E-state index in [9.17, 15) is 0 Å². The molecule has 1 aliphatic rings. The van der Waals surface area contributed by atoms with Gasteiger partial charge in [0, 0.05) is 26.7 Å². The number of halogens is 1. The lowest BCUT2D eigenvalue weighted by molar-refractivity contribution is 0.181. The van der Waals surface area contributed by atoms with E-state index in [0.29, 0.717) is 0 Å². The highest BCUT2D eigenvalue weighted by Crippen LogP contribution is 2.15. The number of nitrogens with one attached hydrogen (secondary N) is 2. The van der Waals surface area contributed by atoms with Crippen LogP contribution in [-0.2, 0) is 0 Å². The molecule has 0 saturated carbocycles. The van der Waals surface area contributed by atoms with Crippen LogP contribution in [0.4, 0.5) is 0 Å². The lowest BCUT2D eigenvalue weighted by Crippen LogP contribution is -2.38. The van der Waals surface area contributed by atoms with E-state index in [1.807, 2.05) is 7.05 Å². The molecule has 0 aromatic rings. The molecule has 5 heteroatoms. The summed E-state index contributed by atoms with van der Waals surface area (Å²) in [5.74, 6) is 1.85. The Labute approximate surface area is 154 Å². The van der Waals surface area contributed by atoms with Gasteiger partial charge in [-0.1, -0.05) is 26.7 Å². The van der Waals surface area contributed by atoms with Crippen molar-refractivity contribution in [1.82, 2.24) is 15.5 Å². The van der Waals surface area contributed by atoms with E-state index in [4.69, 9.17) is 0 Å². The first-order valence-corrected chi connectivity index (χ1v) is 8.93. The maximum atomic E-state index is 4.27. The smallest absolute Gasteiger partial charge is 0.190 e. The zero-order valence-corrected chi connectivity index (χ0v) is 17.2. The van der Waals surface area contributed by atoms with Gasteiger partial charge in [0.05, 0.1) is 0 Å². The molecule has 0 aliphatic carbocycles. The van der Waals surface area contributed by atoms with Gasteiger partial charge in [0.15, 0.2) is 5.96 Å². The lowest BCUT2D eigenvalue weighted by atomic mass is 10.0. The largest absolute Gasteiger partial charge is 0.356 e. The van der Waals surface area contributed by atoms with Crippen LogP contribution >= 0.6 is 24.0 Å². The van der Waals surface area contributed by atoms with Gasteiger partial charge < -0.3 is 15.5 Å². The van der Waals surface area contributed by atoms with E-state index < -0.39 is 0 Å². The Morgan fingerprint density at radius 1 is 1.14 bits per heavy atom. The minimum atomic E-state index is 0. The van der Waals surface area contributed by atoms with Crippen molar-refractivity contribution in [2.45, 2.75) is 58.8 Å². The van der Waals surface area contributed by atoms with Crippen LogP contribution in [0.15, 0.2) is 4.99 Å². The normalized spacial score (nSPS) is 19.6. The van der Waals surface area contributed by atoms with E-state index in [-0.39, 0.29) is 24.0 Å². The zero-order chi connectivity index (χ0) is 15.3. The van der Waals surface area contributed by atoms with Gasteiger partial charge >= 0.3 is 0 Å². The SMILES string of the molecule is CCCCCNC(=NC)NCCCCN1CCCC(C)C1.I. The Hall–Kier alpha value is -0.0400. The molecule has 0 amide bonds.